The molecule has 1 atom stereocenters. The van der Waals surface area contributed by atoms with Crippen molar-refractivity contribution in [1.82, 2.24) is 4.98 Å². The largest absolute Gasteiger partial charge is 0.492 e. The molecule has 0 aliphatic rings. The Bertz CT molecular complexity index is 924. The van der Waals surface area contributed by atoms with Gasteiger partial charge in [-0.25, -0.2) is 9.78 Å². The topological polar surface area (TPSA) is 71.9 Å². The maximum absolute atomic E-state index is 11.8. The first-order valence-corrected chi connectivity index (χ1v) is 10.5. The van der Waals surface area contributed by atoms with Crippen LogP contribution >= 0.6 is 11.3 Å². The van der Waals surface area contributed by atoms with Gasteiger partial charge in [-0.1, -0.05) is 42.5 Å². The van der Waals surface area contributed by atoms with Crippen molar-refractivity contribution >= 4 is 32.7 Å². The molecule has 7 heteroatoms. The van der Waals surface area contributed by atoms with Crippen molar-refractivity contribution in [3.63, 3.8) is 0 Å². The third kappa shape index (κ3) is 4.52. The average Bonchev–Trinajstić information content (AvgIpc) is 3.17. The number of nitrogens with zero attached hydrogens (tertiary/aromatic N) is 2. The van der Waals surface area contributed by atoms with E-state index in [1.165, 1.54) is 0 Å². The zero-order chi connectivity index (χ0) is 20.9. The van der Waals surface area contributed by atoms with Gasteiger partial charge in [0.25, 0.3) is 0 Å². The Kier molecular flexibility index (Phi) is 6.71. The fraction of sp³-hybridized carbons (Fsp3) is 0.364. The molecule has 0 bridgehead atoms. The number of hydrogen-bond donors (Lipinski definition) is 1. The van der Waals surface area contributed by atoms with Gasteiger partial charge in [0.2, 0.25) is 0 Å². The second-order valence-electron chi connectivity index (χ2n) is 6.68. The summed E-state index contributed by atoms with van der Waals surface area (Å²) in [4.78, 5) is 18.5. The predicted molar refractivity (Wildman–Crippen MR) is 116 cm³/mol. The molecular formula is C22H26N2O4S. The van der Waals surface area contributed by atoms with Crippen molar-refractivity contribution < 1.29 is 19.4 Å². The number of ether oxygens (including phenoxy) is 2. The number of para-hydroxylation sites is 1. The lowest BCUT2D eigenvalue weighted by molar-refractivity contribution is -0.168. The highest BCUT2D eigenvalue weighted by Gasteiger charge is 2.39. The molecule has 0 spiro atoms. The molecule has 6 nitrogen and oxygen atoms in total. The Hall–Kier alpha value is -2.64. The predicted octanol–water partition coefficient (Wildman–Crippen LogP) is 4.54. The molecule has 0 aliphatic carbocycles. The fourth-order valence-corrected chi connectivity index (χ4v) is 4.16. The van der Waals surface area contributed by atoms with Gasteiger partial charge in [0, 0.05) is 13.7 Å². The molecule has 0 aliphatic heterocycles. The Labute approximate surface area is 174 Å². The van der Waals surface area contributed by atoms with Crippen molar-refractivity contribution in [3.05, 3.63) is 54.1 Å². The van der Waals surface area contributed by atoms with Crippen LogP contribution in [0.5, 0.6) is 5.75 Å². The summed E-state index contributed by atoms with van der Waals surface area (Å²) in [5.74, 6) is -0.286. The number of thiazole rings is 1. The zero-order valence-electron chi connectivity index (χ0n) is 16.9. The number of likely N-dealkylation sites (N-methyl/N-ethyl adjacent to an activating group) is 1. The standard InChI is InChI=1S/C22H26N2O4S/c1-4-22(20(25)26,28-5-2)16-10-12-17(13-11-16)27-15-14-24(3)21-23-18-8-6-7-9-19(18)29-21/h6-13H,4-5,14-15H2,1-3H3,(H,25,26). The summed E-state index contributed by atoms with van der Waals surface area (Å²) in [6.07, 6.45) is 0.351. The minimum absolute atomic E-state index is 0.330. The first kappa shape index (κ1) is 21.1. The van der Waals surface area contributed by atoms with Crippen molar-refractivity contribution in [1.29, 1.82) is 0 Å². The van der Waals surface area contributed by atoms with E-state index in [-0.39, 0.29) is 0 Å². The first-order chi connectivity index (χ1) is 14.0. The zero-order valence-corrected chi connectivity index (χ0v) is 17.7. The van der Waals surface area contributed by atoms with Gasteiger partial charge >= 0.3 is 5.97 Å². The van der Waals surface area contributed by atoms with Crippen LogP contribution in [0.4, 0.5) is 5.13 Å². The summed E-state index contributed by atoms with van der Waals surface area (Å²) < 4.78 is 12.6. The summed E-state index contributed by atoms with van der Waals surface area (Å²) in [6.45, 7) is 5.12. The Morgan fingerprint density at radius 1 is 1.17 bits per heavy atom. The number of anilines is 1. The lowest BCUT2D eigenvalue weighted by atomic mass is 9.91. The Morgan fingerprint density at radius 2 is 1.90 bits per heavy atom. The quantitative estimate of drug-likeness (QED) is 0.525. The van der Waals surface area contributed by atoms with Crippen LogP contribution in [0.25, 0.3) is 10.2 Å². The van der Waals surface area contributed by atoms with Crippen molar-refractivity contribution in [2.75, 3.05) is 31.7 Å². The number of carboxylic acids is 1. The SMILES string of the molecule is CCOC(CC)(C(=O)O)c1ccc(OCCN(C)c2nc3ccccc3s2)cc1. The molecule has 1 heterocycles. The Balaban J connectivity index is 1.60. The highest BCUT2D eigenvalue weighted by atomic mass is 32.1. The monoisotopic (exact) mass is 414 g/mol. The van der Waals surface area contributed by atoms with Gasteiger partial charge in [-0.15, -0.1) is 0 Å². The van der Waals surface area contributed by atoms with Crippen molar-refractivity contribution in [2.24, 2.45) is 0 Å². The lowest BCUT2D eigenvalue weighted by Gasteiger charge is -2.28. The van der Waals surface area contributed by atoms with Gasteiger partial charge < -0.3 is 19.5 Å². The summed E-state index contributed by atoms with van der Waals surface area (Å²) in [5.41, 5.74) is 0.302. The Morgan fingerprint density at radius 3 is 2.52 bits per heavy atom. The number of benzene rings is 2. The third-order valence-corrected chi connectivity index (χ3v) is 6.01. The number of carboxylic acid groups (broad SMARTS) is 1. The van der Waals surface area contributed by atoms with E-state index in [1.807, 2.05) is 32.2 Å². The second kappa shape index (κ2) is 9.24. The molecule has 29 heavy (non-hydrogen) atoms. The third-order valence-electron chi connectivity index (χ3n) is 4.86. The minimum atomic E-state index is -1.32. The molecule has 0 saturated heterocycles. The van der Waals surface area contributed by atoms with Crippen LogP contribution < -0.4 is 9.64 Å². The summed E-state index contributed by atoms with van der Waals surface area (Å²) in [7, 11) is 1.99. The van der Waals surface area contributed by atoms with E-state index in [0.29, 0.717) is 37.5 Å². The number of carbonyl (C=O) groups is 1. The van der Waals surface area contributed by atoms with Gasteiger partial charge in [0.15, 0.2) is 10.7 Å². The van der Waals surface area contributed by atoms with E-state index in [1.54, 1.807) is 42.5 Å². The van der Waals surface area contributed by atoms with Gasteiger partial charge in [-0.3, -0.25) is 0 Å². The van der Waals surface area contributed by atoms with E-state index in [2.05, 4.69) is 16.0 Å². The molecule has 1 N–H and O–H groups in total. The van der Waals surface area contributed by atoms with Crippen LogP contribution in [0.2, 0.25) is 0 Å². The van der Waals surface area contributed by atoms with E-state index < -0.39 is 11.6 Å². The van der Waals surface area contributed by atoms with Crippen LogP contribution in [0.15, 0.2) is 48.5 Å². The molecular weight excluding hydrogens is 388 g/mol. The molecule has 2 aromatic carbocycles. The normalized spacial score (nSPS) is 13.2. The molecule has 0 radical (unpaired) electrons. The van der Waals surface area contributed by atoms with Gasteiger partial charge in [-0.2, -0.15) is 0 Å². The minimum Gasteiger partial charge on any atom is -0.492 e. The average molecular weight is 415 g/mol. The highest BCUT2D eigenvalue weighted by molar-refractivity contribution is 7.22. The van der Waals surface area contributed by atoms with E-state index in [9.17, 15) is 9.90 Å². The van der Waals surface area contributed by atoms with Crippen molar-refractivity contribution in [3.8, 4) is 5.75 Å². The summed E-state index contributed by atoms with van der Waals surface area (Å²) >= 11 is 1.66. The molecule has 3 aromatic rings. The van der Waals surface area contributed by atoms with Crippen LogP contribution in [-0.4, -0.2) is 42.9 Å². The van der Waals surface area contributed by atoms with Gasteiger partial charge in [0.05, 0.1) is 16.8 Å². The molecule has 0 saturated carbocycles. The summed E-state index contributed by atoms with van der Waals surface area (Å²) in [5, 5.41) is 10.6. The number of rotatable bonds is 10. The smallest absolute Gasteiger partial charge is 0.340 e. The van der Waals surface area contributed by atoms with Gasteiger partial charge in [-0.05, 0) is 43.2 Å². The molecule has 1 unspecified atom stereocenters. The van der Waals surface area contributed by atoms with Gasteiger partial charge in [0.1, 0.15) is 12.4 Å². The maximum atomic E-state index is 11.8. The van der Waals surface area contributed by atoms with Crippen molar-refractivity contribution in [2.45, 2.75) is 25.9 Å². The molecule has 154 valence electrons. The lowest BCUT2D eigenvalue weighted by Crippen LogP contribution is -2.38. The molecule has 1 aromatic heterocycles. The maximum Gasteiger partial charge on any atom is 0.340 e. The van der Waals surface area contributed by atoms with Crippen LogP contribution in [0.3, 0.4) is 0 Å². The number of aliphatic carboxylic acids is 1. The number of aromatic nitrogens is 1. The molecule has 3 rings (SSSR count). The van der Waals surface area contributed by atoms with E-state index in [0.717, 1.165) is 15.3 Å². The molecule has 0 amide bonds. The number of hydrogen-bond acceptors (Lipinski definition) is 6. The second-order valence-corrected chi connectivity index (χ2v) is 7.69. The molecule has 0 fully saturated rings. The number of fused-ring (bicyclic) bond motifs is 1. The van der Waals surface area contributed by atoms with Crippen LogP contribution in [0, 0.1) is 0 Å². The van der Waals surface area contributed by atoms with E-state index in [4.69, 9.17) is 9.47 Å². The fourth-order valence-electron chi connectivity index (χ4n) is 3.21. The van der Waals surface area contributed by atoms with Crippen LogP contribution in [-0.2, 0) is 15.1 Å². The first-order valence-electron chi connectivity index (χ1n) is 9.67. The van der Waals surface area contributed by atoms with Crippen LogP contribution in [0.1, 0.15) is 25.8 Å². The highest BCUT2D eigenvalue weighted by Crippen LogP contribution is 2.31. The van der Waals surface area contributed by atoms with E-state index >= 15 is 0 Å². The summed E-state index contributed by atoms with van der Waals surface area (Å²) in [6, 6.07) is 15.2.